The standard InChI is InChI=1S/C16H18PSe2.Hg/c18-17(19,13-11-15-7-3-1-4-8-15)14-12-16-9-5-2-6-10-16;/h1-10H,11-14H2;. The zero-order valence-corrected chi connectivity index (χ0v) is 21.4. The van der Waals surface area contributed by atoms with E-state index in [4.69, 9.17) is 0 Å². The van der Waals surface area contributed by atoms with Crippen LogP contribution in [0.5, 0.6) is 0 Å². The Hall–Kier alpha value is 0.844. The van der Waals surface area contributed by atoms with Crippen LogP contribution in [0.4, 0.5) is 0 Å². The molecule has 0 bridgehead atoms. The van der Waals surface area contributed by atoms with E-state index in [1.165, 1.54) is 36.3 Å². The molecule has 0 aliphatic carbocycles. The molecule has 0 heterocycles. The monoisotopic (exact) mass is 603 g/mol. The topological polar surface area (TPSA) is 0 Å². The molecule has 0 N–H and O–H groups in total. The van der Waals surface area contributed by atoms with E-state index in [1.54, 1.807) is 0 Å². The molecule has 0 fully saturated rings. The molecule has 2 aromatic rings. The molecule has 0 unspecified atom stereocenters. The number of hydrogen-bond acceptors (Lipinski definition) is 0. The summed E-state index contributed by atoms with van der Waals surface area (Å²) in [4.78, 5) is 0. The van der Waals surface area contributed by atoms with E-state index >= 15 is 0 Å². The molecule has 0 saturated carbocycles. The van der Waals surface area contributed by atoms with Crippen LogP contribution in [-0.2, 0) is 40.5 Å². The van der Waals surface area contributed by atoms with E-state index in [0.29, 0.717) is 0 Å². The maximum atomic E-state index is 3.45. The average molecular weight is 600 g/mol. The first-order valence-corrected chi connectivity index (χ1v) is 13.1. The molecule has 20 heavy (non-hydrogen) atoms. The fourth-order valence-corrected chi connectivity index (χ4v) is 5.72. The van der Waals surface area contributed by atoms with Crippen LogP contribution in [0.1, 0.15) is 11.1 Å². The molecule has 0 aromatic heterocycles. The summed E-state index contributed by atoms with van der Waals surface area (Å²) >= 11 is 6.90. The minimum atomic E-state index is -1.02. The van der Waals surface area contributed by atoms with Gasteiger partial charge in [0.1, 0.15) is 0 Å². The van der Waals surface area contributed by atoms with Gasteiger partial charge in [-0.05, 0) is 0 Å². The summed E-state index contributed by atoms with van der Waals surface area (Å²) < 4.78 is -1.02. The molecule has 0 amide bonds. The normalized spacial score (nSPS) is 10.8. The van der Waals surface area contributed by atoms with Crippen LogP contribution < -0.4 is 0 Å². The molecular weight excluding hydrogens is 582 g/mol. The minimum absolute atomic E-state index is 0. The predicted octanol–water partition coefficient (Wildman–Crippen LogP) is 3.65. The van der Waals surface area contributed by atoms with Gasteiger partial charge in [0.2, 0.25) is 0 Å². The van der Waals surface area contributed by atoms with Crippen molar-refractivity contribution in [2.75, 3.05) is 12.3 Å². The molecule has 0 aliphatic heterocycles. The summed E-state index contributed by atoms with van der Waals surface area (Å²) in [5, 5.41) is 0. The first kappa shape index (κ1) is 18.9. The number of rotatable bonds is 6. The Morgan fingerprint density at radius 1 is 0.700 bits per heavy atom. The molecule has 2 rings (SSSR count). The Kier molecular flexibility index (Phi) is 9.24. The maximum absolute atomic E-state index is 3.45. The molecule has 4 heteroatoms. The van der Waals surface area contributed by atoms with Crippen LogP contribution in [-0.4, -0.2) is 43.0 Å². The Balaban J connectivity index is 0.00000200. The van der Waals surface area contributed by atoms with E-state index in [-0.39, 0.29) is 27.7 Å². The van der Waals surface area contributed by atoms with Gasteiger partial charge in [-0.15, -0.1) is 0 Å². The number of hydrogen-bond donors (Lipinski definition) is 0. The molecule has 0 spiro atoms. The quantitative estimate of drug-likeness (QED) is 0.352. The van der Waals surface area contributed by atoms with Gasteiger partial charge in [-0.2, -0.15) is 0 Å². The molecule has 2 aromatic carbocycles. The van der Waals surface area contributed by atoms with Gasteiger partial charge in [-0.3, -0.25) is 0 Å². The van der Waals surface area contributed by atoms with Crippen molar-refractivity contribution >= 4 is 34.9 Å². The van der Waals surface area contributed by atoms with Gasteiger partial charge >= 0.3 is 132 Å². The molecule has 1 radical (unpaired) electrons. The van der Waals surface area contributed by atoms with E-state index in [2.05, 4.69) is 91.3 Å². The van der Waals surface area contributed by atoms with E-state index < -0.39 is 4.20 Å². The molecule has 0 atom stereocenters. The Morgan fingerprint density at radius 2 is 1.05 bits per heavy atom. The van der Waals surface area contributed by atoms with Crippen molar-refractivity contribution in [3.05, 3.63) is 71.8 Å². The molecule has 0 aliphatic rings. The zero-order chi connectivity index (χ0) is 13.6. The number of aryl methyl sites for hydroxylation is 2. The van der Waals surface area contributed by atoms with E-state index in [9.17, 15) is 0 Å². The zero-order valence-electron chi connectivity index (χ0n) is 11.6. The predicted molar refractivity (Wildman–Crippen MR) is 88.5 cm³/mol. The van der Waals surface area contributed by atoms with Gasteiger partial charge in [0.05, 0.1) is 0 Å². The second kappa shape index (κ2) is 9.78. The summed E-state index contributed by atoms with van der Waals surface area (Å²) in [7, 11) is 0. The summed E-state index contributed by atoms with van der Waals surface area (Å²) in [6.07, 6.45) is 4.85. The van der Waals surface area contributed by atoms with Crippen molar-refractivity contribution in [1.29, 1.82) is 0 Å². The first-order valence-electron chi connectivity index (χ1n) is 6.53. The fraction of sp³-hybridized carbons (Fsp3) is 0.250. The van der Waals surface area contributed by atoms with Crippen molar-refractivity contribution in [1.82, 2.24) is 0 Å². The van der Waals surface area contributed by atoms with E-state index in [1.807, 2.05) is 0 Å². The van der Waals surface area contributed by atoms with Gasteiger partial charge in [-0.25, -0.2) is 0 Å². The SMILES string of the molecule is [Hg].[Se]P(=[Se])(CCc1ccccc1)CCc1ccccc1. The summed E-state index contributed by atoms with van der Waals surface area (Å²) in [6, 6.07) is 21.5. The summed E-state index contributed by atoms with van der Waals surface area (Å²) in [5.74, 6) is 0. The molecular formula is C16H18HgPSe2. The Bertz CT molecular complexity index is 495. The van der Waals surface area contributed by atoms with Crippen LogP contribution in [0.2, 0.25) is 0 Å². The van der Waals surface area contributed by atoms with Crippen LogP contribution in [0.3, 0.4) is 0 Å². The Morgan fingerprint density at radius 3 is 1.40 bits per heavy atom. The third-order valence-corrected chi connectivity index (χ3v) is 9.57. The first-order chi connectivity index (χ1) is 9.16. The summed E-state index contributed by atoms with van der Waals surface area (Å²) in [6.45, 7) is 0. The second-order valence-electron chi connectivity index (χ2n) is 4.73. The van der Waals surface area contributed by atoms with Crippen molar-refractivity contribution < 1.29 is 27.7 Å². The molecule has 0 nitrogen and oxygen atoms in total. The van der Waals surface area contributed by atoms with Gasteiger partial charge in [0, 0.05) is 27.7 Å². The third-order valence-electron chi connectivity index (χ3n) is 3.17. The Labute approximate surface area is 158 Å². The van der Waals surface area contributed by atoms with E-state index in [0.717, 1.165) is 0 Å². The number of benzene rings is 2. The second-order valence-corrected chi connectivity index (χ2v) is 19.6. The van der Waals surface area contributed by atoms with Crippen LogP contribution in [0.25, 0.3) is 0 Å². The van der Waals surface area contributed by atoms with Crippen molar-refractivity contribution in [3.8, 4) is 0 Å². The van der Waals surface area contributed by atoms with Gasteiger partial charge < -0.3 is 0 Å². The fourth-order valence-electron chi connectivity index (χ4n) is 2.00. The molecule has 0 saturated heterocycles. The van der Waals surface area contributed by atoms with Crippen molar-refractivity contribution in [2.45, 2.75) is 12.8 Å². The van der Waals surface area contributed by atoms with Gasteiger partial charge in [0.25, 0.3) is 0 Å². The van der Waals surface area contributed by atoms with Crippen LogP contribution >= 0.6 is 4.20 Å². The third kappa shape index (κ3) is 7.21. The van der Waals surface area contributed by atoms with Crippen molar-refractivity contribution in [3.63, 3.8) is 0 Å². The van der Waals surface area contributed by atoms with Gasteiger partial charge in [-0.1, -0.05) is 0 Å². The van der Waals surface area contributed by atoms with Crippen molar-refractivity contribution in [2.24, 2.45) is 0 Å². The summed E-state index contributed by atoms with van der Waals surface area (Å²) in [5.41, 5.74) is 2.88. The average Bonchev–Trinajstić information content (AvgIpc) is 2.46. The van der Waals surface area contributed by atoms with Crippen LogP contribution in [0.15, 0.2) is 60.7 Å². The van der Waals surface area contributed by atoms with Crippen LogP contribution in [0, 0.1) is 0 Å². The molecule has 101 valence electrons. The van der Waals surface area contributed by atoms with Gasteiger partial charge in [0.15, 0.2) is 0 Å².